The van der Waals surface area contributed by atoms with Crippen molar-refractivity contribution in [3.63, 3.8) is 0 Å². The van der Waals surface area contributed by atoms with Crippen molar-refractivity contribution >= 4 is 32.3 Å². The van der Waals surface area contributed by atoms with Crippen LogP contribution in [0.15, 0.2) is 53.0 Å². The number of hydrogen-bond acceptors (Lipinski definition) is 1. The van der Waals surface area contributed by atoms with E-state index in [-0.39, 0.29) is 5.41 Å². The Kier molecular flexibility index (Phi) is 3.36. The lowest BCUT2D eigenvalue weighted by molar-refractivity contribution is 0.358. The zero-order chi connectivity index (χ0) is 18.1. The molecule has 3 aromatic rings. The lowest BCUT2D eigenvalue weighted by Gasteiger charge is -2.29. The van der Waals surface area contributed by atoms with Gasteiger partial charge in [0.2, 0.25) is 0 Å². The van der Waals surface area contributed by atoms with Gasteiger partial charge in [0.05, 0.1) is 0 Å². The summed E-state index contributed by atoms with van der Waals surface area (Å²) in [5, 5.41) is 2.23. The number of fused-ring (bicyclic) bond motifs is 8. The van der Waals surface area contributed by atoms with Crippen molar-refractivity contribution in [1.29, 1.82) is 0 Å². The van der Waals surface area contributed by atoms with Crippen molar-refractivity contribution in [2.45, 2.75) is 19.3 Å². The average molecular weight is 409 g/mol. The molecule has 3 heteroatoms. The van der Waals surface area contributed by atoms with Crippen molar-refractivity contribution in [1.82, 2.24) is 0 Å². The molecule has 0 unspecified atom stereocenters. The largest absolute Gasteiger partial charge is 0.488 e. The van der Waals surface area contributed by atoms with Gasteiger partial charge in [-0.3, -0.25) is 0 Å². The minimum absolute atomic E-state index is 0.242. The Balaban J connectivity index is 2.05. The zero-order valence-electron chi connectivity index (χ0n) is 14.7. The molecule has 0 N–H and O–H groups in total. The molecule has 2 aliphatic rings. The fourth-order valence-corrected chi connectivity index (χ4v) is 5.57. The van der Waals surface area contributed by atoms with Gasteiger partial charge in [0.15, 0.2) is 0 Å². The van der Waals surface area contributed by atoms with Crippen LogP contribution < -0.4 is 4.74 Å². The standard InChI is InChI=1S/C23H18BrFO/c1-23(2)20-16(8-5-9-17(20)24)19-14-6-3-4-7-15(14)22-18(21(19)23)13(12-25)10-11-26-22/h3-10H,11-12H2,1-2H3. The molecule has 26 heavy (non-hydrogen) atoms. The van der Waals surface area contributed by atoms with Crippen molar-refractivity contribution in [3.05, 3.63) is 69.7 Å². The molecular formula is C23H18BrFO. The first-order valence-corrected chi connectivity index (χ1v) is 9.61. The summed E-state index contributed by atoms with van der Waals surface area (Å²) in [7, 11) is 0. The van der Waals surface area contributed by atoms with E-state index in [9.17, 15) is 4.39 Å². The first-order valence-electron chi connectivity index (χ1n) is 8.82. The van der Waals surface area contributed by atoms with Crippen LogP contribution in [0.2, 0.25) is 0 Å². The summed E-state index contributed by atoms with van der Waals surface area (Å²) in [5.41, 5.74) is 6.32. The van der Waals surface area contributed by atoms with Crippen molar-refractivity contribution in [3.8, 4) is 16.9 Å². The van der Waals surface area contributed by atoms with Crippen LogP contribution in [0.5, 0.6) is 5.75 Å². The third-order valence-electron chi connectivity index (χ3n) is 5.72. The summed E-state index contributed by atoms with van der Waals surface area (Å²) in [5.74, 6) is 0.825. The van der Waals surface area contributed by atoms with Gasteiger partial charge in [0.1, 0.15) is 19.0 Å². The number of alkyl halides is 1. The van der Waals surface area contributed by atoms with Gasteiger partial charge >= 0.3 is 0 Å². The van der Waals surface area contributed by atoms with Crippen molar-refractivity contribution in [2.75, 3.05) is 13.3 Å². The summed E-state index contributed by atoms with van der Waals surface area (Å²) in [4.78, 5) is 0. The summed E-state index contributed by atoms with van der Waals surface area (Å²) < 4.78 is 21.1. The molecule has 0 atom stereocenters. The van der Waals surface area contributed by atoms with E-state index in [0.29, 0.717) is 6.61 Å². The van der Waals surface area contributed by atoms with E-state index in [0.717, 1.165) is 26.7 Å². The number of hydrogen-bond donors (Lipinski definition) is 0. The van der Waals surface area contributed by atoms with Gasteiger partial charge in [0.25, 0.3) is 0 Å². The molecule has 1 aliphatic carbocycles. The molecule has 0 spiro atoms. The number of benzene rings is 3. The molecule has 5 rings (SSSR count). The van der Waals surface area contributed by atoms with Gasteiger partial charge in [0, 0.05) is 20.8 Å². The van der Waals surface area contributed by atoms with E-state index in [1.807, 2.05) is 12.1 Å². The van der Waals surface area contributed by atoms with E-state index >= 15 is 0 Å². The topological polar surface area (TPSA) is 9.23 Å². The van der Waals surface area contributed by atoms with Gasteiger partial charge in [-0.05, 0) is 45.4 Å². The van der Waals surface area contributed by atoms with Crippen LogP contribution in [0.4, 0.5) is 4.39 Å². The number of ether oxygens (including phenoxy) is 1. The van der Waals surface area contributed by atoms with E-state index < -0.39 is 6.67 Å². The van der Waals surface area contributed by atoms with Gasteiger partial charge < -0.3 is 4.74 Å². The van der Waals surface area contributed by atoms with Gasteiger partial charge in [-0.15, -0.1) is 0 Å². The van der Waals surface area contributed by atoms with Gasteiger partial charge in [-0.1, -0.05) is 66.2 Å². The molecule has 1 nitrogen and oxygen atoms in total. The fraction of sp³-hybridized carbons (Fsp3) is 0.217. The van der Waals surface area contributed by atoms with Gasteiger partial charge in [-0.25, -0.2) is 4.39 Å². The third-order valence-corrected chi connectivity index (χ3v) is 6.38. The molecule has 0 fully saturated rings. The normalized spacial score (nSPS) is 16.5. The maximum absolute atomic E-state index is 14.0. The Hall–Kier alpha value is -2.13. The lowest BCUT2D eigenvalue weighted by Crippen LogP contribution is -2.20. The summed E-state index contributed by atoms with van der Waals surface area (Å²) in [6, 6.07) is 14.7. The highest BCUT2D eigenvalue weighted by Gasteiger charge is 2.42. The number of allylic oxidation sites excluding steroid dienone is 1. The van der Waals surface area contributed by atoms with E-state index in [2.05, 4.69) is 66.2 Å². The highest BCUT2D eigenvalue weighted by atomic mass is 79.9. The highest BCUT2D eigenvalue weighted by molar-refractivity contribution is 9.10. The van der Waals surface area contributed by atoms with Gasteiger partial charge in [-0.2, -0.15) is 0 Å². The Morgan fingerprint density at radius 3 is 2.54 bits per heavy atom. The fourth-order valence-electron chi connectivity index (χ4n) is 4.71. The van der Waals surface area contributed by atoms with Crippen LogP contribution in [0.25, 0.3) is 27.5 Å². The highest BCUT2D eigenvalue weighted by Crippen LogP contribution is 2.58. The van der Waals surface area contributed by atoms with Crippen LogP contribution in [-0.2, 0) is 5.41 Å². The molecule has 0 saturated carbocycles. The molecule has 0 saturated heterocycles. The molecule has 130 valence electrons. The number of rotatable bonds is 1. The van der Waals surface area contributed by atoms with Crippen molar-refractivity contribution < 1.29 is 9.13 Å². The smallest absolute Gasteiger partial charge is 0.135 e. The lowest BCUT2D eigenvalue weighted by atomic mass is 9.77. The van der Waals surface area contributed by atoms with Crippen molar-refractivity contribution in [2.24, 2.45) is 0 Å². The SMILES string of the molecule is CC1(C)c2c(Br)cccc2-c2c1c1c(c3ccccc23)OCC=C1CF. The molecule has 0 bridgehead atoms. The Bertz CT molecular complexity index is 1110. The van der Waals surface area contributed by atoms with Crippen LogP contribution in [-0.4, -0.2) is 13.3 Å². The molecule has 0 radical (unpaired) electrons. The molecule has 1 aliphatic heterocycles. The first-order chi connectivity index (χ1) is 12.6. The van der Waals surface area contributed by atoms with Crippen LogP contribution in [0.1, 0.15) is 30.5 Å². The Labute approximate surface area is 160 Å². The van der Waals surface area contributed by atoms with E-state index in [1.54, 1.807) is 0 Å². The number of halogens is 2. The van der Waals surface area contributed by atoms with Crippen LogP contribution in [0.3, 0.4) is 0 Å². The van der Waals surface area contributed by atoms with E-state index in [1.165, 1.54) is 27.6 Å². The second-order valence-corrected chi connectivity index (χ2v) is 8.32. The maximum atomic E-state index is 14.0. The quantitative estimate of drug-likeness (QED) is 0.437. The second kappa shape index (κ2) is 5.43. The molecule has 1 heterocycles. The zero-order valence-corrected chi connectivity index (χ0v) is 16.3. The monoisotopic (exact) mass is 408 g/mol. The Morgan fingerprint density at radius 2 is 1.77 bits per heavy atom. The predicted molar refractivity (Wildman–Crippen MR) is 109 cm³/mol. The molecule has 0 aromatic heterocycles. The first kappa shape index (κ1) is 16.1. The molecular weight excluding hydrogens is 391 g/mol. The average Bonchev–Trinajstić information content (AvgIpc) is 2.90. The minimum Gasteiger partial charge on any atom is -0.488 e. The summed E-state index contributed by atoms with van der Waals surface area (Å²) in [6.45, 7) is 4.39. The van der Waals surface area contributed by atoms with Crippen LogP contribution >= 0.6 is 15.9 Å². The molecule has 3 aromatic carbocycles. The van der Waals surface area contributed by atoms with Crippen LogP contribution in [0, 0.1) is 0 Å². The second-order valence-electron chi connectivity index (χ2n) is 7.46. The third kappa shape index (κ3) is 1.90. The summed E-state index contributed by atoms with van der Waals surface area (Å²) in [6.07, 6.45) is 1.88. The maximum Gasteiger partial charge on any atom is 0.135 e. The Morgan fingerprint density at radius 1 is 1.00 bits per heavy atom. The minimum atomic E-state index is -0.477. The summed E-state index contributed by atoms with van der Waals surface area (Å²) >= 11 is 3.75. The predicted octanol–water partition coefficient (Wildman–Crippen LogP) is 6.65. The van der Waals surface area contributed by atoms with E-state index in [4.69, 9.17) is 4.74 Å². The molecule has 0 amide bonds.